The molecule has 1 aromatic rings. The molecule has 7 heteroatoms. The third-order valence-corrected chi connectivity index (χ3v) is 2.83. The summed E-state index contributed by atoms with van der Waals surface area (Å²) in [6, 6.07) is 5.74. The van der Waals surface area contributed by atoms with Crippen LogP contribution in [0, 0.1) is 0 Å². The van der Waals surface area contributed by atoms with Crippen LogP contribution in [0.3, 0.4) is 0 Å². The zero-order valence-corrected chi connectivity index (χ0v) is 11.6. The lowest BCUT2D eigenvalue weighted by Gasteiger charge is -2.22. The Hall–Kier alpha value is -2.02. The third kappa shape index (κ3) is 5.86. The van der Waals surface area contributed by atoms with Gasteiger partial charge in [0.15, 0.2) is 0 Å². The van der Waals surface area contributed by atoms with Crippen LogP contribution >= 0.6 is 0 Å². The standard InChI is InChI=1S/C14H17F2NO4/c1-21-7-6-17(9-12(15)16)13(18)8-10-2-4-11(5-3-10)14(19)20/h2-5,12H,6-9H2,1H3,(H,19,20). The molecule has 0 aromatic heterocycles. The average Bonchev–Trinajstić information content (AvgIpc) is 2.43. The number of alkyl halides is 2. The van der Waals surface area contributed by atoms with Crippen molar-refractivity contribution in [1.29, 1.82) is 0 Å². The maximum absolute atomic E-state index is 12.5. The molecule has 0 unspecified atom stereocenters. The molecule has 1 amide bonds. The van der Waals surface area contributed by atoms with Gasteiger partial charge in [0.1, 0.15) is 0 Å². The second kappa shape index (κ2) is 8.31. The van der Waals surface area contributed by atoms with Crippen molar-refractivity contribution >= 4 is 11.9 Å². The molecular weight excluding hydrogens is 284 g/mol. The van der Waals surface area contributed by atoms with Gasteiger partial charge in [-0.3, -0.25) is 4.79 Å². The molecule has 116 valence electrons. The Bertz CT molecular complexity index is 476. The third-order valence-electron chi connectivity index (χ3n) is 2.83. The first-order valence-corrected chi connectivity index (χ1v) is 6.31. The average molecular weight is 301 g/mol. The number of rotatable bonds is 8. The van der Waals surface area contributed by atoms with Gasteiger partial charge in [0.05, 0.1) is 25.1 Å². The number of amides is 1. The summed E-state index contributed by atoms with van der Waals surface area (Å²) in [6.07, 6.45) is -2.67. The summed E-state index contributed by atoms with van der Waals surface area (Å²) in [6.45, 7) is -0.376. The van der Waals surface area contributed by atoms with Crippen molar-refractivity contribution in [2.45, 2.75) is 12.8 Å². The fourth-order valence-corrected chi connectivity index (χ4v) is 1.74. The van der Waals surface area contributed by atoms with Gasteiger partial charge in [-0.15, -0.1) is 0 Å². The van der Waals surface area contributed by atoms with Crippen molar-refractivity contribution in [2.24, 2.45) is 0 Å². The second-order valence-corrected chi connectivity index (χ2v) is 4.40. The molecule has 0 radical (unpaired) electrons. The number of benzene rings is 1. The predicted molar refractivity (Wildman–Crippen MR) is 71.6 cm³/mol. The Morgan fingerprint density at radius 1 is 1.29 bits per heavy atom. The molecular formula is C14H17F2NO4. The topological polar surface area (TPSA) is 66.8 Å². The van der Waals surface area contributed by atoms with E-state index in [-0.39, 0.29) is 25.1 Å². The predicted octanol–water partition coefficient (Wildman–Crippen LogP) is 1.67. The van der Waals surface area contributed by atoms with Gasteiger partial charge in [-0.05, 0) is 17.7 Å². The lowest BCUT2D eigenvalue weighted by atomic mass is 10.1. The quantitative estimate of drug-likeness (QED) is 0.793. The molecule has 0 aliphatic heterocycles. The van der Waals surface area contributed by atoms with Gasteiger partial charge in [0.2, 0.25) is 5.91 Å². The summed E-state index contributed by atoms with van der Waals surface area (Å²) in [5, 5.41) is 8.77. The lowest BCUT2D eigenvalue weighted by molar-refractivity contribution is -0.133. The first-order chi connectivity index (χ1) is 9.93. The summed E-state index contributed by atoms with van der Waals surface area (Å²) in [5.41, 5.74) is 0.678. The second-order valence-electron chi connectivity index (χ2n) is 4.40. The van der Waals surface area contributed by atoms with Crippen molar-refractivity contribution in [3.8, 4) is 0 Å². The molecule has 1 aromatic carbocycles. The number of hydrogen-bond donors (Lipinski definition) is 1. The number of hydrogen-bond acceptors (Lipinski definition) is 3. The molecule has 0 fully saturated rings. The first kappa shape index (κ1) is 17.0. The summed E-state index contributed by atoms with van der Waals surface area (Å²) < 4.78 is 29.7. The molecule has 0 saturated heterocycles. The van der Waals surface area contributed by atoms with E-state index in [9.17, 15) is 18.4 Å². The van der Waals surface area contributed by atoms with Gasteiger partial charge < -0.3 is 14.7 Å². The van der Waals surface area contributed by atoms with E-state index in [4.69, 9.17) is 9.84 Å². The first-order valence-electron chi connectivity index (χ1n) is 6.31. The van der Waals surface area contributed by atoms with Gasteiger partial charge in [0.25, 0.3) is 6.43 Å². The number of carbonyl (C=O) groups is 2. The fraction of sp³-hybridized carbons (Fsp3) is 0.429. The number of halogens is 2. The van der Waals surface area contributed by atoms with E-state index >= 15 is 0 Å². The maximum atomic E-state index is 12.5. The number of carboxylic acid groups (broad SMARTS) is 1. The Balaban J connectivity index is 2.68. The largest absolute Gasteiger partial charge is 0.478 e. The highest BCUT2D eigenvalue weighted by molar-refractivity contribution is 5.87. The molecule has 0 saturated carbocycles. The van der Waals surface area contributed by atoms with E-state index in [1.165, 1.54) is 31.4 Å². The minimum Gasteiger partial charge on any atom is -0.478 e. The van der Waals surface area contributed by atoms with Crippen LogP contribution in [0.5, 0.6) is 0 Å². The zero-order chi connectivity index (χ0) is 15.8. The van der Waals surface area contributed by atoms with E-state index in [0.29, 0.717) is 5.56 Å². The van der Waals surface area contributed by atoms with Crippen LogP contribution < -0.4 is 0 Å². The van der Waals surface area contributed by atoms with Crippen LogP contribution in [0.1, 0.15) is 15.9 Å². The molecule has 21 heavy (non-hydrogen) atoms. The smallest absolute Gasteiger partial charge is 0.335 e. The molecule has 0 atom stereocenters. The number of methoxy groups -OCH3 is 1. The Morgan fingerprint density at radius 2 is 1.90 bits per heavy atom. The van der Waals surface area contributed by atoms with Gasteiger partial charge in [0, 0.05) is 13.7 Å². The van der Waals surface area contributed by atoms with Gasteiger partial charge >= 0.3 is 5.97 Å². The van der Waals surface area contributed by atoms with E-state index in [2.05, 4.69) is 0 Å². The van der Waals surface area contributed by atoms with Crippen LogP contribution in [-0.2, 0) is 16.0 Å². The highest BCUT2D eigenvalue weighted by Gasteiger charge is 2.18. The normalized spacial score (nSPS) is 10.7. The van der Waals surface area contributed by atoms with Crippen molar-refractivity contribution in [2.75, 3.05) is 26.8 Å². The van der Waals surface area contributed by atoms with Gasteiger partial charge in [-0.2, -0.15) is 0 Å². The van der Waals surface area contributed by atoms with Crippen molar-refractivity contribution in [1.82, 2.24) is 4.90 Å². The van der Waals surface area contributed by atoms with Crippen LogP contribution in [0.15, 0.2) is 24.3 Å². The van der Waals surface area contributed by atoms with Crippen molar-refractivity contribution in [3.63, 3.8) is 0 Å². The summed E-state index contributed by atoms with van der Waals surface area (Å²) in [7, 11) is 1.43. The van der Waals surface area contributed by atoms with Crippen LogP contribution in [0.2, 0.25) is 0 Å². The zero-order valence-electron chi connectivity index (χ0n) is 11.6. The maximum Gasteiger partial charge on any atom is 0.335 e. The Labute approximate surface area is 121 Å². The highest BCUT2D eigenvalue weighted by atomic mass is 19.3. The molecule has 0 spiro atoms. The molecule has 0 bridgehead atoms. The number of ether oxygens (including phenoxy) is 1. The van der Waals surface area contributed by atoms with E-state index in [0.717, 1.165) is 4.90 Å². The highest BCUT2D eigenvalue weighted by Crippen LogP contribution is 2.08. The molecule has 0 aliphatic rings. The number of carbonyl (C=O) groups excluding carboxylic acids is 1. The minimum absolute atomic E-state index is 0.0592. The summed E-state index contributed by atoms with van der Waals surface area (Å²) >= 11 is 0. The van der Waals surface area contributed by atoms with E-state index in [1.54, 1.807) is 0 Å². The molecule has 1 N–H and O–H groups in total. The van der Waals surface area contributed by atoms with Crippen LogP contribution in [-0.4, -0.2) is 55.1 Å². The number of carboxylic acids is 1. The monoisotopic (exact) mass is 301 g/mol. The SMILES string of the molecule is COCCN(CC(F)F)C(=O)Cc1ccc(C(=O)O)cc1. The number of nitrogens with zero attached hydrogens (tertiary/aromatic N) is 1. The Morgan fingerprint density at radius 3 is 2.38 bits per heavy atom. The minimum atomic E-state index is -2.61. The van der Waals surface area contributed by atoms with Crippen molar-refractivity contribution < 1.29 is 28.2 Å². The van der Waals surface area contributed by atoms with Crippen LogP contribution in [0.4, 0.5) is 8.78 Å². The summed E-state index contributed by atoms with van der Waals surface area (Å²) in [5.74, 6) is -1.51. The molecule has 0 aliphatic carbocycles. The molecule has 0 heterocycles. The van der Waals surface area contributed by atoms with Gasteiger partial charge in [-0.1, -0.05) is 12.1 Å². The summed E-state index contributed by atoms with van der Waals surface area (Å²) in [4.78, 5) is 23.7. The fourth-order valence-electron chi connectivity index (χ4n) is 1.74. The van der Waals surface area contributed by atoms with Gasteiger partial charge in [-0.25, -0.2) is 13.6 Å². The number of aromatic carboxylic acids is 1. The van der Waals surface area contributed by atoms with Crippen molar-refractivity contribution in [3.05, 3.63) is 35.4 Å². The van der Waals surface area contributed by atoms with E-state index in [1.807, 2.05) is 0 Å². The Kier molecular flexibility index (Phi) is 6.74. The van der Waals surface area contributed by atoms with E-state index < -0.39 is 24.8 Å². The van der Waals surface area contributed by atoms with Crippen LogP contribution in [0.25, 0.3) is 0 Å². The molecule has 1 rings (SSSR count). The molecule has 5 nitrogen and oxygen atoms in total. The lowest BCUT2D eigenvalue weighted by Crippen LogP contribution is -2.38.